The Morgan fingerprint density at radius 3 is 2.77 bits per heavy atom. The molecule has 1 saturated heterocycles. The summed E-state index contributed by atoms with van der Waals surface area (Å²) in [6.07, 6.45) is 11.1. The van der Waals surface area contributed by atoms with Crippen LogP contribution < -0.4 is 0 Å². The lowest BCUT2D eigenvalue weighted by atomic mass is 9.87. The summed E-state index contributed by atoms with van der Waals surface area (Å²) in [5, 5.41) is 0. The number of amides is 2. The number of rotatable bonds is 5. The van der Waals surface area contributed by atoms with E-state index >= 15 is 0 Å². The predicted octanol–water partition coefficient (Wildman–Crippen LogP) is 3.17. The maximum atomic E-state index is 12.9. The van der Waals surface area contributed by atoms with Crippen LogP contribution in [0.1, 0.15) is 56.1 Å². The van der Waals surface area contributed by atoms with Gasteiger partial charge in [0, 0.05) is 45.5 Å². The molecule has 0 spiro atoms. The van der Waals surface area contributed by atoms with E-state index in [0.29, 0.717) is 31.8 Å². The van der Waals surface area contributed by atoms with Crippen LogP contribution in [0.3, 0.4) is 0 Å². The highest BCUT2D eigenvalue weighted by molar-refractivity contribution is 5.83. The van der Waals surface area contributed by atoms with Crippen molar-refractivity contribution in [1.29, 1.82) is 0 Å². The molecule has 1 aliphatic heterocycles. The number of carbonyl (C=O) groups excluding carboxylic acids is 2. The molecular weight excluding hydrogens is 326 g/mol. The molecule has 26 heavy (non-hydrogen) atoms. The SMILES string of the molecule is Cc1cnccc1CN(C)C(=O)[C@@H]1CCC(=O)N(CC2CCCCC2)C1. The average Bonchev–Trinajstić information content (AvgIpc) is 2.65. The Morgan fingerprint density at radius 2 is 2.04 bits per heavy atom. The van der Waals surface area contributed by atoms with Crippen molar-refractivity contribution in [3.63, 3.8) is 0 Å². The molecule has 0 N–H and O–H groups in total. The maximum absolute atomic E-state index is 12.9. The molecule has 0 unspecified atom stereocenters. The maximum Gasteiger partial charge on any atom is 0.227 e. The summed E-state index contributed by atoms with van der Waals surface area (Å²) in [6.45, 7) is 4.05. The van der Waals surface area contributed by atoms with Crippen molar-refractivity contribution in [3.8, 4) is 0 Å². The van der Waals surface area contributed by atoms with Crippen LogP contribution >= 0.6 is 0 Å². The molecule has 5 heteroatoms. The van der Waals surface area contributed by atoms with Gasteiger partial charge in [0.15, 0.2) is 0 Å². The van der Waals surface area contributed by atoms with Gasteiger partial charge in [-0.05, 0) is 49.3 Å². The van der Waals surface area contributed by atoms with E-state index in [1.54, 1.807) is 6.20 Å². The number of aromatic nitrogens is 1. The van der Waals surface area contributed by atoms with Gasteiger partial charge in [0.25, 0.3) is 0 Å². The lowest BCUT2D eigenvalue weighted by Gasteiger charge is -2.36. The highest BCUT2D eigenvalue weighted by atomic mass is 16.2. The molecule has 0 radical (unpaired) electrons. The Hall–Kier alpha value is -1.91. The van der Waals surface area contributed by atoms with Crippen LogP contribution in [-0.2, 0) is 16.1 Å². The quantitative estimate of drug-likeness (QED) is 0.813. The van der Waals surface area contributed by atoms with Crippen LogP contribution in [0.5, 0.6) is 0 Å². The minimum atomic E-state index is -0.0663. The molecule has 142 valence electrons. The number of piperidine rings is 1. The standard InChI is InChI=1S/C21H31N3O2/c1-16-12-22-11-10-18(16)14-23(2)21(26)19-8-9-20(25)24(15-19)13-17-6-4-3-5-7-17/h10-12,17,19H,3-9,13-15H2,1-2H3/t19-/m1/s1. The Morgan fingerprint density at radius 1 is 1.27 bits per heavy atom. The predicted molar refractivity (Wildman–Crippen MR) is 101 cm³/mol. The van der Waals surface area contributed by atoms with Gasteiger partial charge in [0.05, 0.1) is 5.92 Å². The van der Waals surface area contributed by atoms with E-state index in [0.717, 1.165) is 17.7 Å². The van der Waals surface area contributed by atoms with Gasteiger partial charge in [-0.25, -0.2) is 0 Å². The van der Waals surface area contributed by atoms with Gasteiger partial charge in [-0.1, -0.05) is 19.3 Å². The molecule has 0 aromatic carbocycles. The van der Waals surface area contributed by atoms with Gasteiger partial charge in [-0.3, -0.25) is 14.6 Å². The van der Waals surface area contributed by atoms with Crippen LogP contribution in [0.25, 0.3) is 0 Å². The average molecular weight is 357 g/mol. The lowest BCUT2D eigenvalue weighted by Crippen LogP contribution is -2.47. The van der Waals surface area contributed by atoms with Crippen LogP contribution in [0.15, 0.2) is 18.5 Å². The number of hydrogen-bond acceptors (Lipinski definition) is 3. The topological polar surface area (TPSA) is 53.5 Å². The van der Waals surface area contributed by atoms with Gasteiger partial charge in [-0.2, -0.15) is 0 Å². The molecule has 1 aromatic heterocycles. The monoisotopic (exact) mass is 357 g/mol. The van der Waals surface area contributed by atoms with Crippen LogP contribution in [0, 0.1) is 18.8 Å². The number of carbonyl (C=O) groups is 2. The zero-order valence-corrected chi connectivity index (χ0v) is 16.1. The Kier molecular flexibility index (Phi) is 6.28. The van der Waals surface area contributed by atoms with E-state index in [1.807, 2.05) is 36.0 Å². The Balaban J connectivity index is 1.58. The van der Waals surface area contributed by atoms with Crippen molar-refractivity contribution in [2.45, 2.75) is 58.4 Å². The zero-order valence-electron chi connectivity index (χ0n) is 16.1. The van der Waals surface area contributed by atoms with E-state index in [2.05, 4.69) is 4.98 Å². The number of hydrogen-bond donors (Lipinski definition) is 0. The summed E-state index contributed by atoms with van der Waals surface area (Å²) in [5.41, 5.74) is 2.23. The Labute approximate surface area is 156 Å². The molecule has 1 aliphatic carbocycles. The molecule has 2 amide bonds. The van der Waals surface area contributed by atoms with E-state index in [4.69, 9.17) is 0 Å². The van der Waals surface area contributed by atoms with Crippen molar-refractivity contribution in [2.75, 3.05) is 20.1 Å². The first-order valence-electron chi connectivity index (χ1n) is 9.97. The normalized spacial score (nSPS) is 21.7. The summed E-state index contributed by atoms with van der Waals surface area (Å²) in [5.74, 6) is 0.941. The largest absolute Gasteiger partial charge is 0.342 e. The molecule has 5 nitrogen and oxygen atoms in total. The van der Waals surface area contributed by atoms with E-state index < -0.39 is 0 Å². The summed E-state index contributed by atoms with van der Waals surface area (Å²) >= 11 is 0. The Bertz CT molecular complexity index is 640. The van der Waals surface area contributed by atoms with Crippen molar-refractivity contribution >= 4 is 11.8 Å². The molecule has 3 rings (SSSR count). The molecule has 1 atom stereocenters. The van der Waals surface area contributed by atoms with Crippen molar-refractivity contribution in [3.05, 3.63) is 29.6 Å². The summed E-state index contributed by atoms with van der Waals surface area (Å²) in [6, 6.07) is 1.97. The second kappa shape index (κ2) is 8.65. The third-order valence-corrected chi connectivity index (χ3v) is 5.97. The highest BCUT2D eigenvalue weighted by Gasteiger charge is 2.33. The first-order chi connectivity index (χ1) is 12.5. The van der Waals surface area contributed by atoms with E-state index in [9.17, 15) is 9.59 Å². The number of aryl methyl sites for hydroxylation is 1. The highest BCUT2D eigenvalue weighted by Crippen LogP contribution is 2.27. The summed E-state index contributed by atoms with van der Waals surface area (Å²) in [7, 11) is 1.87. The third-order valence-electron chi connectivity index (χ3n) is 5.97. The second-order valence-electron chi connectivity index (χ2n) is 8.03. The third kappa shape index (κ3) is 4.63. The fraction of sp³-hybridized carbons (Fsp3) is 0.667. The van der Waals surface area contributed by atoms with Gasteiger partial charge < -0.3 is 9.80 Å². The molecule has 0 bridgehead atoms. The zero-order chi connectivity index (χ0) is 18.5. The lowest BCUT2D eigenvalue weighted by molar-refractivity contribution is -0.143. The van der Waals surface area contributed by atoms with Gasteiger partial charge in [0.2, 0.25) is 11.8 Å². The van der Waals surface area contributed by atoms with Crippen LogP contribution in [-0.4, -0.2) is 46.7 Å². The number of nitrogens with zero attached hydrogens (tertiary/aromatic N) is 3. The number of pyridine rings is 1. The fourth-order valence-electron chi connectivity index (χ4n) is 4.30. The first kappa shape index (κ1) is 18.9. The number of likely N-dealkylation sites (tertiary alicyclic amines) is 1. The van der Waals surface area contributed by atoms with E-state index in [1.165, 1.54) is 32.1 Å². The fourth-order valence-corrected chi connectivity index (χ4v) is 4.30. The second-order valence-corrected chi connectivity index (χ2v) is 8.03. The molecule has 2 aliphatic rings. The van der Waals surface area contributed by atoms with Crippen LogP contribution in [0.2, 0.25) is 0 Å². The minimum absolute atomic E-state index is 0.0663. The van der Waals surface area contributed by atoms with Crippen molar-refractivity contribution < 1.29 is 9.59 Å². The van der Waals surface area contributed by atoms with Gasteiger partial charge in [-0.15, -0.1) is 0 Å². The first-order valence-corrected chi connectivity index (χ1v) is 9.97. The van der Waals surface area contributed by atoms with Crippen LogP contribution in [0.4, 0.5) is 0 Å². The minimum Gasteiger partial charge on any atom is -0.342 e. The smallest absolute Gasteiger partial charge is 0.227 e. The van der Waals surface area contributed by atoms with Crippen molar-refractivity contribution in [1.82, 2.24) is 14.8 Å². The summed E-state index contributed by atoms with van der Waals surface area (Å²) < 4.78 is 0. The molecule has 1 aromatic rings. The molecule has 2 heterocycles. The van der Waals surface area contributed by atoms with Gasteiger partial charge >= 0.3 is 0 Å². The molecule has 1 saturated carbocycles. The molecule has 2 fully saturated rings. The van der Waals surface area contributed by atoms with E-state index in [-0.39, 0.29) is 17.7 Å². The summed E-state index contributed by atoms with van der Waals surface area (Å²) in [4.78, 5) is 33.2. The molecular formula is C21H31N3O2. The van der Waals surface area contributed by atoms with Gasteiger partial charge in [0.1, 0.15) is 0 Å². The van der Waals surface area contributed by atoms with Crippen molar-refractivity contribution in [2.24, 2.45) is 11.8 Å².